The fraction of sp³-hybridized carbons (Fsp3) is 0.846. The van der Waals surface area contributed by atoms with Crippen molar-refractivity contribution in [1.29, 1.82) is 0 Å². The number of carbonyl (C=O) groups excluding carboxylic acids is 1. The van der Waals surface area contributed by atoms with Crippen LogP contribution in [0.25, 0.3) is 0 Å². The maximum atomic E-state index is 12.1. The van der Waals surface area contributed by atoms with Gasteiger partial charge in [0.2, 0.25) is 0 Å². The summed E-state index contributed by atoms with van der Waals surface area (Å²) in [6.45, 7) is 5.55. The van der Waals surface area contributed by atoms with Crippen LogP contribution < -0.4 is 5.32 Å². The van der Waals surface area contributed by atoms with Crippen molar-refractivity contribution >= 4 is 12.0 Å². The lowest BCUT2D eigenvalue weighted by atomic mass is 10.2. The lowest BCUT2D eigenvalue weighted by molar-refractivity contribution is -0.140. The van der Waals surface area contributed by atoms with E-state index < -0.39 is 11.9 Å². The number of amides is 2. The van der Waals surface area contributed by atoms with Gasteiger partial charge < -0.3 is 15.3 Å². The molecule has 0 bridgehead atoms. The predicted octanol–water partition coefficient (Wildman–Crippen LogP) is 0.587. The van der Waals surface area contributed by atoms with Crippen molar-refractivity contribution in [2.24, 2.45) is 5.92 Å². The first kappa shape index (κ1) is 14.1. The van der Waals surface area contributed by atoms with E-state index in [4.69, 9.17) is 5.11 Å². The van der Waals surface area contributed by atoms with Crippen molar-refractivity contribution in [3.8, 4) is 0 Å². The summed E-state index contributed by atoms with van der Waals surface area (Å²) in [5, 5.41) is 11.5. The molecule has 0 saturated carbocycles. The average molecular weight is 269 g/mol. The second kappa shape index (κ2) is 6.23. The van der Waals surface area contributed by atoms with Gasteiger partial charge in [-0.05, 0) is 25.8 Å². The molecule has 0 radical (unpaired) electrons. The Morgan fingerprint density at radius 2 is 2.05 bits per heavy atom. The number of urea groups is 1. The normalized spacial score (nSPS) is 25.5. The highest BCUT2D eigenvalue weighted by molar-refractivity contribution is 5.76. The molecule has 2 amide bonds. The zero-order chi connectivity index (χ0) is 13.8. The van der Waals surface area contributed by atoms with Crippen molar-refractivity contribution in [1.82, 2.24) is 15.1 Å². The summed E-state index contributed by atoms with van der Waals surface area (Å²) in [6, 6.07) is 0.368. The number of fused-ring (bicyclic) bond motifs is 1. The average Bonchev–Trinajstić information content (AvgIpc) is 2.72. The molecule has 2 unspecified atom stereocenters. The van der Waals surface area contributed by atoms with Crippen LogP contribution in [0.3, 0.4) is 0 Å². The summed E-state index contributed by atoms with van der Waals surface area (Å²) in [4.78, 5) is 27.1. The van der Waals surface area contributed by atoms with Crippen LogP contribution in [0.15, 0.2) is 0 Å². The van der Waals surface area contributed by atoms with Gasteiger partial charge in [-0.15, -0.1) is 0 Å². The zero-order valence-corrected chi connectivity index (χ0v) is 11.5. The molecular formula is C13H23N3O3. The van der Waals surface area contributed by atoms with E-state index in [1.807, 2.05) is 4.90 Å². The molecule has 2 aliphatic heterocycles. The van der Waals surface area contributed by atoms with Crippen LogP contribution in [-0.4, -0.2) is 65.7 Å². The molecule has 108 valence electrons. The molecule has 2 N–H and O–H groups in total. The fourth-order valence-corrected chi connectivity index (χ4v) is 2.83. The van der Waals surface area contributed by atoms with Crippen LogP contribution >= 0.6 is 0 Å². The first-order valence-electron chi connectivity index (χ1n) is 7.07. The van der Waals surface area contributed by atoms with Gasteiger partial charge in [0.15, 0.2) is 0 Å². The summed E-state index contributed by atoms with van der Waals surface area (Å²) >= 11 is 0. The number of rotatable bonds is 3. The summed E-state index contributed by atoms with van der Waals surface area (Å²) in [7, 11) is 0. The molecule has 2 rings (SSSR count). The zero-order valence-electron chi connectivity index (χ0n) is 11.5. The van der Waals surface area contributed by atoms with Crippen molar-refractivity contribution < 1.29 is 14.7 Å². The van der Waals surface area contributed by atoms with Gasteiger partial charge in [-0.3, -0.25) is 9.69 Å². The third kappa shape index (κ3) is 3.59. The maximum Gasteiger partial charge on any atom is 0.317 e. The fourth-order valence-electron chi connectivity index (χ4n) is 2.83. The first-order valence-corrected chi connectivity index (χ1v) is 7.07. The number of carboxylic acid groups (broad SMARTS) is 1. The van der Waals surface area contributed by atoms with Gasteiger partial charge in [0.25, 0.3) is 0 Å². The molecule has 2 saturated heterocycles. The summed E-state index contributed by atoms with van der Waals surface area (Å²) in [6.07, 6.45) is 3.38. The number of aliphatic carboxylic acids is 1. The van der Waals surface area contributed by atoms with Crippen LogP contribution in [0, 0.1) is 5.92 Å². The van der Waals surface area contributed by atoms with E-state index in [1.54, 1.807) is 6.92 Å². The molecule has 0 aliphatic carbocycles. The van der Waals surface area contributed by atoms with Crippen molar-refractivity contribution in [3.05, 3.63) is 0 Å². The van der Waals surface area contributed by atoms with E-state index in [2.05, 4.69) is 10.2 Å². The van der Waals surface area contributed by atoms with Gasteiger partial charge >= 0.3 is 12.0 Å². The van der Waals surface area contributed by atoms with Gasteiger partial charge in [-0.1, -0.05) is 6.92 Å². The highest BCUT2D eigenvalue weighted by Crippen LogP contribution is 2.21. The van der Waals surface area contributed by atoms with Crippen molar-refractivity contribution in [2.75, 3.05) is 32.7 Å². The van der Waals surface area contributed by atoms with Crippen LogP contribution in [0.4, 0.5) is 4.79 Å². The lowest BCUT2D eigenvalue weighted by Gasteiger charge is -2.26. The number of nitrogens with zero attached hydrogens (tertiary/aromatic N) is 2. The van der Waals surface area contributed by atoms with E-state index in [9.17, 15) is 9.59 Å². The molecule has 2 atom stereocenters. The highest BCUT2D eigenvalue weighted by atomic mass is 16.4. The second-order valence-electron chi connectivity index (χ2n) is 5.56. The molecule has 2 fully saturated rings. The third-order valence-corrected chi connectivity index (χ3v) is 4.07. The quantitative estimate of drug-likeness (QED) is 0.786. The second-order valence-corrected chi connectivity index (χ2v) is 5.56. The Hall–Kier alpha value is -1.30. The molecule has 0 aromatic carbocycles. The lowest BCUT2D eigenvalue weighted by Crippen LogP contribution is -2.46. The Kier molecular flexibility index (Phi) is 4.63. The topological polar surface area (TPSA) is 72.9 Å². The van der Waals surface area contributed by atoms with Crippen LogP contribution in [0.5, 0.6) is 0 Å². The number of hydrogen-bond donors (Lipinski definition) is 2. The largest absolute Gasteiger partial charge is 0.481 e. The molecule has 19 heavy (non-hydrogen) atoms. The van der Waals surface area contributed by atoms with Crippen LogP contribution in [-0.2, 0) is 4.79 Å². The molecule has 0 spiro atoms. The Labute approximate surface area is 113 Å². The monoisotopic (exact) mass is 269 g/mol. The Morgan fingerprint density at radius 3 is 2.79 bits per heavy atom. The van der Waals surface area contributed by atoms with Crippen LogP contribution in [0.1, 0.15) is 26.2 Å². The van der Waals surface area contributed by atoms with Gasteiger partial charge in [-0.25, -0.2) is 4.79 Å². The first-order chi connectivity index (χ1) is 9.08. The molecule has 6 heteroatoms. The van der Waals surface area contributed by atoms with E-state index in [-0.39, 0.29) is 12.6 Å². The molecule has 0 aromatic heterocycles. The Bertz CT molecular complexity index is 348. The molecule has 0 aromatic rings. The van der Waals surface area contributed by atoms with Crippen molar-refractivity contribution in [2.45, 2.75) is 32.2 Å². The minimum absolute atomic E-state index is 0.123. The van der Waals surface area contributed by atoms with Gasteiger partial charge in [0, 0.05) is 32.2 Å². The summed E-state index contributed by atoms with van der Waals surface area (Å²) < 4.78 is 0. The van der Waals surface area contributed by atoms with Gasteiger partial charge in [-0.2, -0.15) is 0 Å². The van der Waals surface area contributed by atoms with Gasteiger partial charge in [0.1, 0.15) is 0 Å². The standard InChI is InChI=1S/C13H23N3O3/c1-10(12(17)18)8-14-13(19)16-7-3-6-15-5-2-4-11(15)9-16/h10-11H,2-9H2,1H3,(H,14,19)(H,17,18). The highest BCUT2D eigenvalue weighted by Gasteiger charge is 2.30. The molecule has 6 nitrogen and oxygen atoms in total. The number of hydrogen-bond acceptors (Lipinski definition) is 3. The smallest absolute Gasteiger partial charge is 0.317 e. The van der Waals surface area contributed by atoms with E-state index in [1.165, 1.54) is 6.42 Å². The molecule has 2 heterocycles. The SMILES string of the molecule is CC(CNC(=O)N1CCCN2CCCC2C1)C(=O)O. The van der Waals surface area contributed by atoms with Gasteiger partial charge in [0.05, 0.1) is 5.92 Å². The predicted molar refractivity (Wildman–Crippen MR) is 71.0 cm³/mol. The van der Waals surface area contributed by atoms with Crippen LogP contribution in [0.2, 0.25) is 0 Å². The van der Waals surface area contributed by atoms with E-state index >= 15 is 0 Å². The molecule has 2 aliphatic rings. The Balaban J connectivity index is 1.83. The minimum atomic E-state index is -0.877. The van der Waals surface area contributed by atoms with E-state index in [0.29, 0.717) is 6.04 Å². The number of carboxylic acids is 1. The molecular weight excluding hydrogens is 246 g/mol. The summed E-state index contributed by atoms with van der Waals surface area (Å²) in [5.74, 6) is -1.42. The Morgan fingerprint density at radius 1 is 1.32 bits per heavy atom. The minimum Gasteiger partial charge on any atom is -0.481 e. The van der Waals surface area contributed by atoms with E-state index in [0.717, 1.165) is 39.0 Å². The third-order valence-electron chi connectivity index (χ3n) is 4.07. The maximum absolute atomic E-state index is 12.1. The number of carbonyl (C=O) groups is 2. The summed E-state index contributed by atoms with van der Waals surface area (Å²) in [5.41, 5.74) is 0. The van der Waals surface area contributed by atoms with Crippen molar-refractivity contribution in [3.63, 3.8) is 0 Å². The number of nitrogens with one attached hydrogen (secondary N) is 1.